The lowest BCUT2D eigenvalue weighted by atomic mass is 9.46. The molecule has 4 bridgehead atoms. The van der Waals surface area contributed by atoms with Gasteiger partial charge in [0.25, 0.3) is 0 Å². The van der Waals surface area contributed by atoms with Crippen LogP contribution < -0.4 is 5.32 Å². The second kappa shape index (κ2) is 8.50. The largest absolute Gasteiger partial charge is 0.309 e. The highest BCUT2D eigenvalue weighted by Gasteiger charge is 2.52. The number of aryl methyl sites for hydroxylation is 1. The van der Waals surface area contributed by atoms with Crippen LogP contribution in [0.25, 0.3) is 0 Å². The first kappa shape index (κ1) is 20.3. The molecule has 4 aliphatic rings. The lowest BCUT2D eigenvalue weighted by molar-refractivity contribution is -0.0829. The van der Waals surface area contributed by atoms with Crippen molar-refractivity contribution in [2.75, 3.05) is 0 Å². The van der Waals surface area contributed by atoms with Crippen LogP contribution in [0.2, 0.25) is 0 Å². The van der Waals surface area contributed by atoms with E-state index in [9.17, 15) is 0 Å². The summed E-state index contributed by atoms with van der Waals surface area (Å²) in [5, 5.41) is 3.66. The maximum Gasteiger partial charge on any atom is 0.0208 e. The summed E-state index contributed by atoms with van der Waals surface area (Å²) in [6, 6.07) is 18.4. The van der Waals surface area contributed by atoms with Crippen LogP contribution in [0.15, 0.2) is 48.5 Å². The Bertz CT molecular complexity index is 831. The Labute approximate surface area is 183 Å². The van der Waals surface area contributed by atoms with Gasteiger partial charge in [-0.1, -0.05) is 62.4 Å². The van der Waals surface area contributed by atoms with Crippen molar-refractivity contribution in [3.8, 4) is 0 Å². The molecule has 1 heteroatoms. The van der Waals surface area contributed by atoms with Gasteiger partial charge in [-0.05, 0) is 103 Å². The van der Waals surface area contributed by atoms with Gasteiger partial charge in [0.05, 0.1) is 0 Å². The highest BCUT2D eigenvalue weighted by Crippen LogP contribution is 2.63. The minimum Gasteiger partial charge on any atom is -0.309 e. The quantitative estimate of drug-likeness (QED) is 0.505. The first-order valence-electron chi connectivity index (χ1n) is 12.5. The van der Waals surface area contributed by atoms with E-state index in [1.54, 1.807) is 24.8 Å². The molecule has 2 aromatic carbocycles. The minimum atomic E-state index is 0.660. The van der Waals surface area contributed by atoms with Gasteiger partial charge in [0, 0.05) is 13.1 Å². The Hall–Kier alpha value is -1.60. The van der Waals surface area contributed by atoms with Crippen molar-refractivity contribution in [1.29, 1.82) is 0 Å². The number of benzene rings is 2. The maximum absolute atomic E-state index is 3.66. The van der Waals surface area contributed by atoms with Gasteiger partial charge in [-0.25, -0.2) is 0 Å². The first-order valence-corrected chi connectivity index (χ1v) is 12.5. The lowest BCUT2D eigenvalue weighted by Gasteiger charge is -2.59. The van der Waals surface area contributed by atoms with Gasteiger partial charge in [0.1, 0.15) is 0 Å². The van der Waals surface area contributed by atoms with Crippen LogP contribution in [0, 0.1) is 29.1 Å². The molecular formula is C29H39N. The van der Waals surface area contributed by atoms with Crippen LogP contribution in [-0.4, -0.2) is 0 Å². The standard InChI is InChI=1S/C29H39N/c1-3-22-6-4-8-24(11-22)19-30-20-25-9-5-7-23(12-25)10-21(2)29-16-26-13-27(17-29)15-28(14-26)18-29/h4-9,11-12,21,26-28,30H,3,10,13-20H2,1-2H3. The third-order valence-corrected chi connectivity index (χ3v) is 8.72. The van der Waals surface area contributed by atoms with Crippen LogP contribution in [0.4, 0.5) is 0 Å². The van der Waals surface area contributed by atoms with Crippen molar-refractivity contribution in [3.05, 3.63) is 70.8 Å². The van der Waals surface area contributed by atoms with E-state index in [1.807, 2.05) is 0 Å². The molecule has 0 radical (unpaired) electrons. The molecular weight excluding hydrogens is 362 g/mol. The molecule has 2 aromatic rings. The summed E-state index contributed by atoms with van der Waals surface area (Å²) >= 11 is 0. The van der Waals surface area contributed by atoms with Gasteiger partial charge in [-0.2, -0.15) is 0 Å². The molecule has 1 unspecified atom stereocenters. The van der Waals surface area contributed by atoms with Gasteiger partial charge < -0.3 is 5.32 Å². The summed E-state index contributed by atoms with van der Waals surface area (Å²) in [5.41, 5.74) is 6.45. The molecule has 4 saturated carbocycles. The SMILES string of the molecule is CCc1cccc(CNCc2cccc(CC(C)C34CC5CC(CC(C5)C3)C4)c2)c1. The summed E-state index contributed by atoms with van der Waals surface area (Å²) in [6.07, 6.45) is 11.6. The van der Waals surface area contributed by atoms with E-state index >= 15 is 0 Å². The van der Waals surface area contributed by atoms with E-state index < -0.39 is 0 Å². The predicted octanol–water partition coefficient (Wildman–Crippen LogP) is 6.93. The maximum atomic E-state index is 3.66. The normalized spacial score (nSPS) is 30.5. The predicted molar refractivity (Wildman–Crippen MR) is 126 cm³/mol. The fourth-order valence-electron chi connectivity index (χ4n) is 7.53. The summed E-state index contributed by atoms with van der Waals surface area (Å²) in [4.78, 5) is 0. The zero-order valence-electron chi connectivity index (χ0n) is 19.0. The molecule has 30 heavy (non-hydrogen) atoms. The Kier molecular flexibility index (Phi) is 5.75. The molecule has 1 nitrogen and oxygen atoms in total. The van der Waals surface area contributed by atoms with Gasteiger partial charge in [-0.3, -0.25) is 0 Å². The molecule has 1 N–H and O–H groups in total. The fraction of sp³-hybridized carbons (Fsp3) is 0.586. The highest BCUT2D eigenvalue weighted by atomic mass is 14.8. The van der Waals surface area contributed by atoms with Crippen molar-refractivity contribution in [3.63, 3.8) is 0 Å². The summed E-state index contributed by atoms with van der Waals surface area (Å²) in [5.74, 6) is 3.99. The average Bonchev–Trinajstić information content (AvgIpc) is 2.73. The summed E-state index contributed by atoms with van der Waals surface area (Å²) < 4.78 is 0. The van der Waals surface area contributed by atoms with Gasteiger partial charge in [-0.15, -0.1) is 0 Å². The Morgan fingerprint density at radius 1 is 0.800 bits per heavy atom. The smallest absolute Gasteiger partial charge is 0.0208 e. The van der Waals surface area contributed by atoms with E-state index in [1.165, 1.54) is 42.4 Å². The lowest BCUT2D eigenvalue weighted by Crippen LogP contribution is -2.49. The zero-order chi connectivity index (χ0) is 20.6. The second-order valence-corrected chi connectivity index (χ2v) is 11.0. The zero-order valence-corrected chi connectivity index (χ0v) is 19.0. The second-order valence-electron chi connectivity index (χ2n) is 11.0. The molecule has 1 atom stereocenters. The van der Waals surface area contributed by atoms with E-state index in [0.29, 0.717) is 5.41 Å². The molecule has 4 aliphatic carbocycles. The van der Waals surface area contributed by atoms with Crippen LogP contribution in [0.5, 0.6) is 0 Å². The molecule has 4 fully saturated rings. The highest BCUT2D eigenvalue weighted by molar-refractivity contribution is 5.26. The third kappa shape index (κ3) is 4.24. The van der Waals surface area contributed by atoms with Crippen molar-refractivity contribution in [2.45, 2.75) is 78.3 Å². The van der Waals surface area contributed by atoms with E-state index in [0.717, 1.165) is 43.2 Å². The van der Waals surface area contributed by atoms with Crippen LogP contribution in [0.1, 0.15) is 74.6 Å². The number of nitrogens with one attached hydrogen (secondary N) is 1. The van der Waals surface area contributed by atoms with Crippen molar-refractivity contribution >= 4 is 0 Å². The number of rotatable bonds is 8. The van der Waals surface area contributed by atoms with Gasteiger partial charge in [0.15, 0.2) is 0 Å². The minimum absolute atomic E-state index is 0.660. The molecule has 160 valence electrons. The molecule has 0 amide bonds. The third-order valence-electron chi connectivity index (χ3n) is 8.72. The van der Waals surface area contributed by atoms with Gasteiger partial charge >= 0.3 is 0 Å². The first-order chi connectivity index (χ1) is 14.6. The molecule has 0 saturated heterocycles. The van der Waals surface area contributed by atoms with Crippen LogP contribution >= 0.6 is 0 Å². The van der Waals surface area contributed by atoms with Crippen LogP contribution in [-0.2, 0) is 25.9 Å². The van der Waals surface area contributed by atoms with Gasteiger partial charge in [0.2, 0.25) is 0 Å². The molecule has 0 spiro atoms. The van der Waals surface area contributed by atoms with Crippen molar-refractivity contribution in [1.82, 2.24) is 5.32 Å². The molecule has 0 heterocycles. The molecule has 0 aromatic heterocycles. The van der Waals surface area contributed by atoms with Crippen molar-refractivity contribution < 1.29 is 0 Å². The number of hydrogen-bond acceptors (Lipinski definition) is 1. The van der Waals surface area contributed by atoms with E-state index in [2.05, 4.69) is 67.7 Å². The van der Waals surface area contributed by atoms with Crippen molar-refractivity contribution in [2.24, 2.45) is 29.1 Å². The van der Waals surface area contributed by atoms with E-state index in [-0.39, 0.29) is 0 Å². The number of hydrogen-bond donors (Lipinski definition) is 1. The Balaban J connectivity index is 1.19. The Morgan fingerprint density at radius 3 is 1.87 bits per heavy atom. The monoisotopic (exact) mass is 401 g/mol. The topological polar surface area (TPSA) is 12.0 Å². The molecule has 6 rings (SSSR count). The van der Waals surface area contributed by atoms with Crippen LogP contribution in [0.3, 0.4) is 0 Å². The van der Waals surface area contributed by atoms with E-state index in [4.69, 9.17) is 0 Å². The summed E-state index contributed by atoms with van der Waals surface area (Å²) in [6.45, 7) is 6.69. The molecule has 0 aliphatic heterocycles. The fourth-order valence-corrected chi connectivity index (χ4v) is 7.53. The summed E-state index contributed by atoms with van der Waals surface area (Å²) in [7, 11) is 0. The average molecular weight is 402 g/mol. The Morgan fingerprint density at radius 2 is 1.30 bits per heavy atom.